The second-order valence-corrected chi connectivity index (χ2v) is 3.63. The van der Waals surface area contributed by atoms with E-state index < -0.39 is 0 Å². The van der Waals surface area contributed by atoms with Crippen molar-refractivity contribution in [1.29, 1.82) is 0 Å². The van der Waals surface area contributed by atoms with E-state index in [9.17, 15) is 4.79 Å². The summed E-state index contributed by atoms with van der Waals surface area (Å²) >= 11 is 0. The molecular formula is C9H20N2O. The molecule has 12 heavy (non-hydrogen) atoms. The quantitative estimate of drug-likeness (QED) is 0.683. The van der Waals surface area contributed by atoms with Gasteiger partial charge in [0.1, 0.15) is 0 Å². The van der Waals surface area contributed by atoms with Crippen molar-refractivity contribution in [2.45, 2.75) is 33.2 Å². The second-order valence-electron chi connectivity index (χ2n) is 3.63. The highest BCUT2D eigenvalue weighted by molar-refractivity contribution is 5.81. The highest BCUT2D eigenvalue weighted by atomic mass is 16.2. The van der Waals surface area contributed by atoms with Crippen molar-refractivity contribution in [1.82, 2.24) is 4.90 Å². The van der Waals surface area contributed by atoms with Crippen LogP contribution in [0.25, 0.3) is 0 Å². The molecule has 0 unspecified atom stereocenters. The molecule has 0 aromatic heterocycles. The molecule has 2 N–H and O–H groups in total. The van der Waals surface area contributed by atoms with Gasteiger partial charge in [-0.25, -0.2) is 0 Å². The molecule has 0 aromatic carbocycles. The summed E-state index contributed by atoms with van der Waals surface area (Å²) < 4.78 is 0. The first kappa shape index (κ1) is 11.4. The molecule has 0 saturated carbocycles. The monoisotopic (exact) mass is 172 g/mol. The van der Waals surface area contributed by atoms with E-state index in [-0.39, 0.29) is 11.9 Å². The largest absolute Gasteiger partial charge is 0.344 e. The van der Waals surface area contributed by atoms with Gasteiger partial charge in [0.2, 0.25) is 5.91 Å². The first-order valence-electron chi connectivity index (χ1n) is 4.49. The molecule has 72 valence electrons. The van der Waals surface area contributed by atoms with Crippen molar-refractivity contribution in [2.24, 2.45) is 11.7 Å². The van der Waals surface area contributed by atoms with Crippen LogP contribution >= 0.6 is 0 Å². The van der Waals surface area contributed by atoms with Gasteiger partial charge in [0.25, 0.3) is 0 Å². The van der Waals surface area contributed by atoms with Crippen LogP contribution in [0.3, 0.4) is 0 Å². The highest BCUT2D eigenvalue weighted by Gasteiger charge is 2.16. The van der Waals surface area contributed by atoms with E-state index in [0.717, 1.165) is 6.54 Å². The van der Waals surface area contributed by atoms with E-state index in [1.165, 1.54) is 0 Å². The number of hydrogen-bond acceptors (Lipinski definition) is 2. The lowest BCUT2D eigenvalue weighted by molar-refractivity contribution is -0.131. The van der Waals surface area contributed by atoms with E-state index in [1.54, 1.807) is 11.9 Å². The van der Waals surface area contributed by atoms with E-state index in [2.05, 4.69) is 13.8 Å². The van der Waals surface area contributed by atoms with Gasteiger partial charge in [-0.15, -0.1) is 0 Å². The third-order valence-corrected chi connectivity index (χ3v) is 1.77. The van der Waals surface area contributed by atoms with Gasteiger partial charge >= 0.3 is 0 Å². The SMILES string of the molecule is CC[C@@H](N)C(=O)N(C)CC(C)C. The van der Waals surface area contributed by atoms with Gasteiger partial charge in [-0.05, 0) is 12.3 Å². The van der Waals surface area contributed by atoms with Crippen molar-refractivity contribution < 1.29 is 4.79 Å². The van der Waals surface area contributed by atoms with Crippen LogP contribution in [-0.2, 0) is 4.79 Å². The molecule has 3 nitrogen and oxygen atoms in total. The molecule has 0 fully saturated rings. The lowest BCUT2D eigenvalue weighted by Gasteiger charge is -2.22. The Balaban J connectivity index is 3.92. The minimum absolute atomic E-state index is 0.0474. The van der Waals surface area contributed by atoms with Crippen LogP contribution in [0.15, 0.2) is 0 Å². The first-order valence-corrected chi connectivity index (χ1v) is 4.49. The zero-order valence-corrected chi connectivity index (χ0v) is 8.50. The highest BCUT2D eigenvalue weighted by Crippen LogP contribution is 1.99. The zero-order chi connectivity index (χ0) is 9.72. The van der Waals surface area contributed by atoms with Crippen LogP contribution in [0, 0.1) is 5.92 Å². The Morgan fingerprint density at radius 1 is 1.50 bits per heavy atom. The number of carbonyl (C=O) groups excluding carboxylic acids is 1. The number of nitrogens with zero attached hydrogens (tertiary/aromatic N) is 1. The Morgan fingerprint density at radius 2 is 2.00 bits per heavy atom. The third kappa shape index (κ3) is 3.72. The number of nitrogens with two attached hydrogens (primary N) is 1. The minimum atomic E-state index is -0.325. The summed E-state index contributed by atoms with van der Waals surface area (Å²) in [4.78, 5) is 13.1. The Morgan fingerprint density at radius 3 is 2.33 bits per heavy atom. The average molecular weight is 172 g/mol. The molecule has 0 heterocycles. The maximum absolute atomic E-state index is 11.4. The number of rotatable bonds is 4. The van der Waals surface area contributed by atoms with Crippen molar-refractivity contribution in [3.8, 4) is 0 Å². The van der Waals surface area contributed by atoms with Gasteiger partial charge in [-0.3, -0.25) is 4.79 Å². The fraction of sp³-hybridized carbons (Fsp3) is 0.889. The van der Waals surface area contributed by atoms with E-state index in [1.807, 2.05) is 6.92 Å². The van der Waals surface area contributed by atoms with Crippen molar-refractivity contribution in [3.05, 3.63) is 0 Å². The predicted molar refractivity (Wildman–Crippen MR) is 50.7 cm³/mol. The van der Waals surface area contributed by atoms with E-state index in [0.29, 0.717) is 12.3 Å². The maximum Gasteiger partial charge on any atom is 0.239 e. The van der Waals surface area contributed by atoms with Crippen LogP contribution in [0.4, 0.5) is 0 Å². The summed E-state index contributed by atoms with van der Waals surface area (Å²) in [5, 5.41) is 0. The van der Waals surface area contributed by atoms with Crippen molar-refractivity contribution in [3.63, 3.8) is 0 Å². The first-order chi connectivity index (χ1) is 5.49. The van der Waals surface area contributed by atoms with Gasteiger partial charge in [0, 0.05) is 13.6 Å². The normalized spacial score (nSPS) is 13.2. The summed E-state index contributed by atoms with van der Waals surface area (Å²) in [5.41, 5.74) is 5.60. The van der Waals surface area contributed by atoms with E-state index >= 15 is 0 Å². The minimum Gasteiger partial charge on any atom is -0.344 e. The fourth-order valence-electron chi connectivity index (χ4n) is 1.10. The number of likely N-dealkylation sites (N-methyl/N-ethyl adjacent to an activating group) is 1. The second kappa shape index (κ2) is 5.14. The van der Waals surface area contributed by atoms with Gasteiger partial charge in [0.15, 0.2) is 0 Å². The molecule has 0 bridgehead atoms. The lowest BCUT2D eigenvalue weighted by Crippen LogP contribution is -2.42. The molecular weight excluding hydrogens is 152 g/mol. The van der Waals surface area contributed by atoms with Crippen molar-refractivity contribution >= 4 is 5.91 Å². The molecule has 0 aromatic rings. The molecule has 0 spiro atoms. The van der Waals surface area contributed by atoms with Crippen LogP contribution in [0.2, 0.25) is 0 Å². The standard InChI is InChI=1S/C9H20N2O/c1-5-8(10)9(12)11(4)6-7(2)3/h7-8H,5-6,10H2,1-4H3/t8-/m1/s1. The predicted octanol–water partition coefficient (Wildman–Crippen LogP) is 0.838. The maximum atomic E-state index is 11.4. The molecule has 0 aliphatic heterocycles. The Bertz CT molecular complexity index is 145. The van der Waals surface area contributed by atoms with Gasteiger partial charge in [-0.1, -0.05) is 20.8 Å². The zero-order valence-electron chi connectivity index (χ0n) is 8.50. The van der Waals surface area contributed by atoms with Gasteiger partial charge < -0.3 is 10.6 Å². The summed E-state index contributed by atoms with van der Waals surface area (Å²) in [5.74, 6) is 0.550. The average Bonchev–Trinajstić information content (AvgIpc) is 2.00. The smallest absolute Gasteiger partial charge is 0.239 e. The summed E-state index contributed by atoms with van der Waals surface area (Å²) in [6, 6.07) is -0.325. The fourth-order valence-corrected chi connectivity index (χ4v) is 1.10. The van der Waals surface area contributed by atoms with Gasteiger partial charge in [0.05, 0.1) is 6.04 Å². The van der Waals surface area contributed by atoms with E-state index in [4.69, 9.17) is 5.73 Å². The molecule has 0 aliphatic carbocycles. The molecule has 3 heteroatoms. The number of hydrogen-bond donors (Lipinski definition) is 1. The van der Waals surface area contributed by atoms with Crippen LogP contribution < -0.4 is 5.73 Å². The summed E-state index contributed by atoms with van der Waals surface area (Å²) in [6.45, 7) is 6.88. The molecule has 0 saturated heterocycles. The molecule has 1 atom stereocenters. The van der Waals surface area contributed by atoms with Crippen LogP contribution in [0.5, 0.6) is 0 Å². The summed E-state index contributed by atoms with van der Waals surface area (Å²) in [7, 11) is 1.80. The Hall–Kier alpha value is -0.570. The molecule has 0 radical (unpaired) electrons. The summed E-state index contributed by atoms with van der Waals surface area (Å²) in [6.07, 6.45) is 0.710. The Labute approximate surface area is 74.9 Å². The van der Waals surface area contributed by atoms with Crippen molar-refractivity contribution in [2.75, 3.05) is 13.6 Å². The number of amides is 1. The third-order valence-electron chi connectivity index (χ3n) is 1.77. The van der Waals surface area contributed by atoms with Gasteiger partial charge in [-0.2, -0.15) is 0 Å². The van der Waals surface area contributed by atoms with Crippen LogP contribution in [0.1, 0.15) is 27.2 Å². The molecule has 1 amide bonds. The Kier molecular flexibility index (Phi) is 4.90. The molecule has 0 rings (SSSR count). The molecule has 0 aliphatic rings. The number of carbonyl (C=O) groups is 1. The lowest BCUT2D eigenvalue weighted by atomic mass is 10.1. The topological polar surface area (TPSA) is 46.3 Å². The van der Waals surface area contributed by atoms with Crippen LogP contribution in [-0.4, -0.2) is 30.4 Å².